The number of aryl methyl sites for hydroxylation is 1. The lowest BCUT2D eigenvalue weighted by Gasteiger charge is -2.13. The molecule has 0 heterocycles. The number of benzene rings is 2. The molecule has 27 heavy (non-hydrogen) atoms. The minimum Gasteiger partial charge on any atom is -0.493 e. The van der Waals surface area contributed by atoms with Gasteiger partial charge in [-0.25, -0.2) is 0 Å². The molecule has 2 aromatic carbocycles. The van der Waals surface area contributed by atoms with Crippen molar-refractivity contribution in [3.8, 4) is 11.5 Å². The van der Waals surface area contributed by atoms with Gasteiger partial charge in [-0.3, -0.25) is 4.99 Å². The van der Waals surface area contributed by atoms with Crippen LogP contribution >= 0.6 is 35.6 Å². The molecule has 0 aromatic heterocycles. The first kappa shape index (κ1) is 23.4. The third-order valence-electron chi connectivity index (χ3n) is 4.00. The van der Waals surface area contributed by atoms with Crippen molar-refractivity contribution >= 4 is 41.5 Å². The summed E-state index contributed by atoms with van der Waals surface area (Å²) in [4.78, 5) is 4.25. The molecule has 0 fully saturated rings. The molecule has 2 rings (SSSR count). The summed E-state index contributed by atoms with van der Waals surface area (Å²) in [6.07, 6.45) is 1.90. The van der Waals surface area contributed by atoms with Gasteiger partial charge in [-0.2, -0.15) is 0 Å². The number of hydrogen-bond donors (Lipinski definition) is 2. The minimum atomic E-state index is 0. The Bertz CT molecular complexity index is 741. The average Bonchev–Trinajstić information content (AvgIpc) is 2.68. The van der Waals surface area contributed by atoms with Crippen molar-refractivity contribution in [3.63, 3.8) is 0 Å². The molecule has 2 N–H and O–H groups in total. The van der Waals surface area contributed by atoms with E-state index in [-0.39, 0.29) is 24.0 Å². The molecule has 0 bridgehead atoms. The molecule has 0 radical (unpaired) electrons. The Labute approximate surface area is 183 Å². The van der Waals surface area contributed by atoms with Crippen molar-refractivity contribution in [2.75, 3.05) is 27.8 Å². The van der Waals surface area contributed by atoms with Gasteiger partial charge in [0.15, 0.2) is 17.5 Å². The standard InChI is InChI=1S/C20H26ClN3O2.HI/c1-22-20(23-12-6-8-16-7-4-5-9-17(16)21)24-14-15-10-11-18(25-2)19(13-15)26-3;/h4-5,7,9-11,13H,6,8,12,14H2,1-3H3,(H2,22,23,24);1H. The highest BCUT2D eigenvalue weighted by molar-refractivity contribution is 14.0. The van der Waals surface area contributed by atoms with Crippen LogP contribution in [0.15, 0.2) is 47.5 Å². The van der Waals surface area contributed by atoms with Gasteiger partial charge in [0.1, 0.15) is 0 Å². The van der Waals surface area contributed by atoms with Crippen molar-refractivity contribution in [2.24, 2.45) is 4.99 Å². The summed E-state index contributed by atoms with van der Waals surface area (Å²) < 4.78 is 10.6. The molecule has 2 aromatic rings. The van der Waals surface area contributed by atoms with Crippen LogP contribution in [0.5, 0.6) is 11.5 Å². The van der Waals surface area contributed by atoms with Crippen molar-refractivity contribution in [1.82, 2.24) is 10.6 Å². The number of aliphatic imine (C=N–C) groups is 1. The maximum atomic E-state index is 6.18. The van der Waals surface area contributed by atoms with Gasteiger partial charge in [0.25, 0.3) is 0 Å². The monoisotopic (exact) mass is 503 g/mol. The lowest BCUT2D eigenvalue weighted by molar-refractivity contribution is 0.354. The summed E-state index contributed by atoms with van der Waals surface area (Å²) >= 11 is 6.18. The predicted molar refractivity (Wildman–Crippen MR) is 123 cm³/mol. The smallest absolute Gasteiger partial charge is 0.191 e. The van der Waals surface area contributed by atoms with E-state index in [0.717, 1.165) is 47.4 Å². The normalized spacial score (nSPS) is 10.7. The van der Waals surface area contributed by atoms with Gasteiger partial charge in [-0.05, 0) is 42.2 Å². The van der Waals surface area contributed by atoms with Crippen LogP contribution in [0, 0.1) is 0 Å². The zero-order valence-corrected chi connectivity index (χ0v) is 19.0. The van der Waals surface area contributed by atoms with Crippen molar-refractivity contribution in [2.45, 2.75) is 19.4 Å². The molecule has 7 heteroatoms. The second kappa shape index (κ2) is 12.7. The van der Waals surface area contributed by atoms with Gasteiger partial charge in [0, 0.05) is 25.2 Å². The molecule has 0 amide bonds. The Morgan fingerprint density at radius 2 is 1.78 bits per heavy atom. The van der Waals surface area contributed by atoms with Gasteiger partial charge >= 0.3 is 0 Å². The number of methoxy groups -OCH3 is 2. The van der Waals surface area contributed by atoms with Gasteiger partial charge < -0.3 is 20.1 Å². The SMILES string of the molecule is CN=C(NCCCc1ccccc1Cl)NCc1ccc(OC)c(OC)c1.I. The van der Waals surface area contributed by atoms with Crippen LogP contribution in [0.2, 0.25) is 5.02 Å². The first-order valence-electron chi connectivity index (χ1n) is 8.56. The molecule has 0 saturated carbocycles. The number of guanidine groups is 1. The predicted octanol–water partition coefficient (Wildman–Crippen LogP) is 4.27. The van der Waals surface area contributed by atoms with Crippen molar-refractivity contribution in [1.29, 1.82) is 0 Å². The molecular weight excluding hydrogens is 477 g/mol. The number of nitrogens with zero attached hydrogens (tertiary/aromatic N) is 1. The van der Waals surface area contributed by atoms with E-state index in [2.05, 4.69) is 21.7 Å². The Kier molecular flexibility index (Phi) is 11.0. The van der Waals surface area contributed by atoms with E-state index < -0.39 is 0 Å². The Morgan fingerprint density at radius 3 is 2.44 bits per heavy atom. The van der Waals surface area contributed by atoms with Crippen molar-refractivity contribution < 1.29 is 9.47 Å². The quantitative estimate of drug-likeness (QED) is 0.244. The van der Waals surface area contributed by atoms with E-state index in [0.29, 0.717) is 6.54 Å². The summed E-state index contributed by atoms with van der Waals surface area (Å²) in [5.41, 5.74) is 2.26. The molecule has 0 aliphatic rings. The van der Waals surface area contributed by atoms with Crippen LogP contribution in [0.4, 0.5) is 0 Å². The molecule has 0 aliphatic heterocycles. The topological polar surface area (TPSA) is 54.9 Å². The van der Waals surface area contributed by atoms with E-state index >= 15 is 0 Å². The second-order valence-corrected chi connectivity index (χ2v) is 6.14. The van der Waals surface area contributed by atoms with Crippen LogP contribution < -0.4 is 20.1 Å². The van der Waals surface area contributed by atoms with E-state index in [1.807, 2.05) is 36.4 Å². The molecule has 148 valence electrons. The highest BCUT2D eigenvalue weighted by Gasteiger charge is 2.05. The zero-order chi connectivity index (χ0) is 18.8. The molecular formula is C20H27ClIN3O2. The number of rotatable bonds is 8. The summed E-state index contributed by atoms with van der Waals surface area (Å²) in [6, 6.07) is 13.8. The first-order valence-corrected chi connectivity index (χ1v) is 8.94. The number of hydrogen-bond acceptors (Lipinski definition) is 3. The molecule has 5 nitrogen and oxygen atoms in total. The largest absolute Gasteiger partial charge is 0.493 e. The lowest BCUT2D eigenvalue weighted by Crippen LogP contribution is -2.37. The van der Waals surface area contributed by atoms with E-state index in [1.54, 1.807) is 21.3 Å². The molecule has 0 aliphatic carbocycles. The summed E-state index contributed by atoms with van der Waals surface area (Å²) in [5, 5.41) is 7.44. The molecule has 0 unspecified atom stereocenters. The van der Waals surface area contributed by atoms with Gasteiger partial charge in [0.2, 0.25) is 0 Å². The fraction of sp³-hybridized carbons (Fsp3) is 0.350. The maximum Gasteiger partial charge on any atom is 0.191 e. The van der Waals surface area contributed by atoms with Crippen LogP contribution in [-0.2, 0) is 13.0 Å². The van der Waals surface area contributed by atoms with E-state index in [4.69, 9.17) is 21.1 Å². The summed E-state index contributed by atoms with van der Waals surface area (Å²) in [7, 11) is 5.02. The highest BCUT2D eigenvalue weighted by Crippen LogP contribution is 2.27. The average molecular weight is 504 g/mol. The zero-order valence-electron chi connectivity index (χ0n) is 15.9. The number of ether oxygens (including phenoxy) is 2. The molecule has 0 spiro atoms. The van der Waals surface area contributed by atoms with Gasteiger partial charge in [-0.15, -0.1) is 24.0 Å². The Hall–Kier alpha value is -1.67. The second-order valence-electron chi connectivity index (χ2n) is 5.74. The summed E-state index contributed by atoms with van der Waals surface area (Å²) in [5.74, 6) is 2.20. The highest BCUT2D eigenvalue weighted by atomic mass is 127. The third kappa shape index (κ3) is 7.46. The number of halogens is 2. The van der Waals surface area contributed by atoms with Crippen molar-refractivity contribution in [3.05, 3.63) is 58.6 Å². The van der Waals surface area contributed by atoms with Crippen LogP contribution in [-0.4, -0.2) is 33.8 Å². The fourth-order valence-corrected chi connectivity index (χ4v) is 2.81. The number of nitrogens with one attached hydrogen (secondary N) is 2. The Morgan fingerprint density at radius 1 is 1.04 bits per heavy atom. The molecule has 0 saturated heterocycles. The van der Waals surface area contributed by atoms with Crippen LogP contribution in [0.25, 0.3) is 0 Å². The van der Waals surface area contributed by atoms with Crippen LogP contribution in [0.1, 0.15) is 17.5 Å². The van der Waals surface area contributed by atoms with E-state index in [1.165, 1.54) is 5.56 Å². The lowest BCUT2D eigenvalue weighted by atomic mass is 10.1. The fourth-order valence-electron chi connectivity index (χ4n) is 2.58. The van der Waals surface area contributed by atoms with Crippen LogP contribution in [0.3, 0.4) is 0 Å². The van der Waals surface area contributed by atoms with Gasteiger partial charge in [0.05, 0.1) is 14.2 Å². The Balaban J connectivity index is 0.00000364. The maximum absolute atomic E-state index is 6.18. The summed E-state index contributed by atoms with van der Waals surface area (Å²) in [6.45, 7) is 1.46. The minimum absolute atomic E-state index is 0. The first-order chi connectivity index (χ1) is 12.7. The third-order valence-corrected chi connectivity index (χ3v) is 4.37. The van der Waals surface area contributed by atoms with E-state index in [9.17, 15) is 0 Å². The van der Waals surface area contributed by atoms with Gasteiger partial charge in [-0.1, -0.05) is 35.9 Å². The molecule has 0 atom stereocenters.